The van der Waals surface area contributed by atoms with E-state index >= 15 is 0 Å². The highest BCUT2D eigenvalue weighted by Gasteiger charge is 2.11. The fraction of sp³-hybridized carbons (Fsp3) is 0.778. The van der Waals surface area contributed by atoms with Crippen molar-refractivity contribution in [2.75, 3.05) is 19.6 Å². The maximum atomic E-state index is 3.47. The molecule has 0 aromatic heterocycles. The highest BCUT2D eigenvalue weighted by molar-refractivity contribution is 4.95. The first-order valence-corrected chi connectivity index (χ1v) is 4.36. The van der Waals surface area contributed by atoms with E-state index in [1.165, 1.54) is 18.5 Å². The lowest BCUT2D eigenvalue weighted by Gasteiger charge is -2.08. The monoisotopic (exact) mass is 154 g/mol. The van der Waals surface area contributed by atoms with E-state index in [4.69, 9.17) is 0 Å². The van der Waals surface area contributed by atoms with Crippen molar-refractivity contribution in [2.45, 2.75) is 26.3 Å². The molecular weight excluding hydrogens is 136 g/mol. The van der Waals surface area contributed by atoms with Crippen molar-refractivity contribution in [3.8, 4) is 0 Å². The maximum Gasteiger partial charge on any atom is 0.0207 e. The van der Waals surface area contributed by atoms with Gasteiger partial charge >= 0.3 is 0 Å². The van der Waals surface area contributed by atoms with Crippen LogP contribution in [0.25, 0.3) is 0 Å². The lowest BCUT2D eigenvalue weighted by molar-refractivity contribution is 0.582. The highest BCUT2D eigenvalue weighted by atomic mass is 15.0. The second kappa shape index (κ2) is 4.52. The van der Waals surface area contributed by atoms with Crippen molar-refractivity contribution in [3.63, 3.8) is 0 Å². The maximum absolute atomic E-state index is 3.47. The van der Waals surface area contributed by atoms with Crippen molar-refractivity contribution < 1.29 is 0 Å². The molecule has 0 aliphatic carbocycles. The summed E-state index contributed by atoms with van der Waals surface area (Å²) in [5.74, 6) is 0. The second-order valence-corrected chi connectivity index (χ2v) is 3.38. The second-order valence-electron chi connectivity index (χ2n) is 3.38. The van der Waals surface area contributed by atoms with Gasteiger partial charge in [-0.15, -0.1) is 0 Å². The van der Waals surface area contributed by atoms with Gasteiger partial charge in [-0.3, -0.25) is 0 Å². The molecule has 0 aromatic carbocycles. The van der Waals surface area contributed by atoms with E-state index in [0.717, 1.165) is 13.1 Å². The Balaban J connectivity index is 2.07. The molecule has 0 aromatic rings. The third-order valence-electron chi connectivity index (χ3n) is 1.98. The van der Waals surface area contributed by atoms with Crippen LogP contribution in [-0.2, 0) is 0 Å². The molecule has 1 heterocycles. The summed E-state index contributed by atoms with van der Waals surface area (Å²) in [6, 6.07) is 0.700. The van der Waals surface area contributed by atoms with Crippen molar-refractivity contribution in [3.05, 3.63) is 11.6 Å². The molecule has 2 N–H and O–H groups in total. The van der Waals surface area contributed by atoms with Gasteiger partial charge in [0, 0.05) is 19.1 Å². The zero-order valence-electron chi connectivity index (χ0n) is 7.48. The van der Waals surface area contributed by atoms with Gasteiger partial charge in [0.05, 0.1) is 0 Å². The fourth-order valence-electron chi connectivity index (χ4n) is 1.26. The van der Waals surface area contributed by atoms with E-state index in [1.54, 1.807) is 0 Å². The minimum absolute atomic E-state index is 0.700. The molecule has 0 bridgehead atoms. The molecule has 1 aliphatic rings. The molecular formula is C9H18N2. The van der Waals surface area contributed by atoms with E-state index in [0.29, 0.717) is 6.04 Å². The quantitative estimate of drug-likeness (QED) is 0.590. The average molecular weight is 154 g/mol. The molecule has 0 saturated carbocycles. The molecule has 0 radical (unpaired) electrons. The van der Waals surface area contributed by atoms with Crippen LogP contribution in [0, 0.1) is 0 Å². The molecule has 2 heteroatoms. The Bertz CT molecular complexity index is 130. The van der Waals surface area contributed by atoms with E-state index in [9.17, 15) is 0 Å². The van der Waals surface area contributed by atoms with Crippen molar-refractivity contribution in [1.29, 1.82) is 0 Å². The smallest absolute Gasteiger partial charge is 0.0207 e. The summed E-state index contributed by atoms with van der Waals surface area (Å²) >= 11 is 0. The summed E-state index contributed by atoms with van der Waals surface area (Å²) in [6.45, 7) is 7.60. The van der Waals surface area contributed by atoms with Crippen LogP contribution in [-0.4, -0.2) is 25.7 Å². The standard InChI is InChI=1S/C9H18N2/c1-8(2)3-6-11-9-4-5-10-7-9/h3,9-11H,4-7H2,1-2H3. The van der Waals surface area contributed by atoms with Crippen LogP contribution in [0.5, 0.6) is 0 Å². The minimum Gasteiger partial charge on any atom is -0.315 e. The highest BCUT2D eigenvalue weighted by Crippen LogP contribution is 1.96. The Hall–Kier alpha value is -0.340. The SMILES string of the molecule is CC(C)=CCNC1CCNC1. The minimum atomic E-state index is 0.700. The molecule has 64 valence electrons. The van der Waals surface area contributed by atoms with Gasteiger partial charge in [-0.2, -0.15) is 0 Å². The molecule has 2 nitrogen and oxygen atoms in total. The Morgan fingerprint density at radius 1 is 1.64 bits per heavy atom. The van der Waals surface area contributed by atoms with Crippen LogP contribution < -0.4 is 10.6 Å². The number of allylic oxidation sites excluding steroid dienone is 1. The Morgan fingerprint density at radius 3 is 3.00 bits per heavy atom. The summed E-state index contributed by atoms with van der Waals surface area (Å²) in [4.78, 5) is 0. The van der Waals surface area contributed by atoms with Gasteiger partial charge in [-0.1, -0.05) is 11.6 Å². The summed E-state index contributed by atoms with van der Waals surface area (Å²) < 4.78 is 0. The molecule has 1 aliphatic heterocycles. The van der Waals surface area contributed by atoms with Crippen LogP contribution in [0.3, 0.4) is 0 Å². The third kappa shape index (κ3) is 3.54. The Kier molecular flexibility index (Phi) is 3.60. The topological polar surface area (TPSA) is 24.1 Å². The first-order valence-electron chi connectivity index (χ1n) is 4.36. The molecule has 1 saturated heterocycles. The van der Waals surface area contributed by atoms with E-state index < -0.39 is 0 Å². The third-order valence-corrected chi connectivity index (χ3v) is 1.98. The molecule has 0 amide bonds. The molecule has 1 fully saturated rings. The summed E-state index contributed by atoms with van der Waals surface area (Å²) in [7, 11) is 0. The summed E-state index contributed by atoms with van der Waals surface area (Å²) in [6.07, 6.45) is 3.51. The predicted molar refractivity (Wildman–Crippen MR) is 48.7 cm³/mol. The van der Waals surface area contributed by atoms with Gasteiger partial charge in [0.2, 0.25) is 0 Å². The molecule has 1 unspecified atom stereocenters. The van der Waals surface area contributed by atoms with E-state index in [2.05, 4.69) is 30.6 Å². The molecule has 0 spiro atoms. The van der Waals surface area contributed by atoms with Crippen LogP contribution >= 0.6 is 0 Å². The summed E-state index contributed by atoms with van der Waals surface area (Å²) in [5, 5.41) is 6.80. The van der Waals surface area contributed by atoms with Crippen molar-refractivity contribution >= 4 is 0 Å². The average Bonchev–Trinajstić information content (AvgIpc) is 2.39. The van der Waals surface area contributed by atoms with Gasteiger partial charge in [-0.25, -0.2) is 0 Å². The largest absolute Gasteiger partial charge is 0.315 e. The van der Waals surface area contributed by atoms with E-state index in [1.807, 2.05) is 0 Å². The Labute approximate surface area is 69.1 Å². The summed E-state index contributed by atoms with van der Waals surface area (Å²) in [5.41, 5.74) is 1.39. The zero-order chi connectivity index (χ0) is 8.10. The van der Waals surface area contributed by atoms with Gasteiger partial charge in [0.1, 0.15) is 0 Å². The molecule has 1 rings (SSSR count). The van der Waals surface area contributed by atoms with Crippen molar-refractivity contribution in [2.24, 2.45) is 0 Å². The van der Waals surface area contributed by atoms with Crippen molar-refractivity contribution in [1.82, 2.24) is 10.6 Å². The van der Waals surface area contributed by atoms with Crippen LogP contribution in [0.1, 0.15) is 20.3 Å². The van der Waals surface area contributed by atoms with Gasteiger partial charge in [-0.05, 0) is 26.8 Å². The van der Waals surface area contributed by atoms with Crippen LogP contribution in [0.4, 0.5) is 0 Å². The van der Waals surface area contributed by atoms with E-state index in [-0.39, 0.29) is 0 Å². The first kappa shape index (κ1) is 8.75. The Morgan fingerprint density at radius 2 is 2.45 bits per heavy atom. The lowest BCUT2D eigenvalue weighted by Crippen LogP contribution is -2.30. The number of nitrogens with one attached hydrogen (secondary N) is 2. The normalized spacial score (nSPS) is 23.6. The van der Waals surface area contributed by atoms with Gasteiger partial charge < -0.3 is 10.6 Å². The van der Waals surface area contributed by atoms with Crippen LogP contribution in [0.2, 0.25) is 0 Å². The number of hydrogen-bond acceptors (Lipinski definition) is 2. The molecule has 11 heavy (non-hydrogen) atoms. The zero-order valence-corrected chi connectivity index (χ0v) is 7.48. The first-order chi connectivity index (χ1) is 5.29. The number of rotatable bonds is 3. The lowest BCUT2D eigenvalue weighted by atomic mass is 10.2. The predicted octanol–water partition coefficient (Wildman–Crippen LogP) is 0.904. The number of hydrogen-bond donors (Lipinski definition) is 2. The molecule has 1 atom stereocenters. The van der Waals surface area contributed by atoms with Crippen LogP contribution in [0.15, 0.2) is 11.6 Å². The van der Waals surface area contributed by atoms with Gasteiger partial charge in [0.25, 0.3) is 0 Å². The fourth-order valence-corrected chi connectivity index (χ4v) is 1.26. The van der Waals surface area contributed by atoms with Gasteiger partial charge in [0.15, 0.2) is 0 Å².